The van der Waals surface area contributed by atoms with Gasteiger partial charge in [0, 0.05) is 6.54 Å². The zero-order valence-electron chi connectivity index (χ0n) is 9.14. The Hall–Kier alpha value is -1.26. The second kappa shape index (κ2) is 7.96. The Labute approximate surface area is 101 Å². The van der Waals surface area contributed by atoms with Gasteiger partial charge in [-0.1, -0.05) is 12.1 Å². The van der Waals surface area contributed by atoms with E-state index < -0.39 is 0 Å². The third kappa shape index (κ3) is 5.00. The molecular weight excluding hydrogens is 230 g/mol. The van der Waals surface area contributed by atoms with Gasteiger partial charge >= 0.3 is 5.97 Å². The van der Waals surface area contributed by atoms with Gasteiger partial charge in [0.2, 0.25) is 0 Å². The van der Waals surface area contributed by atoms with Crippen LogP contribution in [0, 0.1) is 0 Å². The summed E-state index contributed by atoms with van der Waals surface area (Å²) in [4.78, 5) is 11.0. The lowest BCUT2D eigenvalue weighted by Crippen LogP contribution is -2.14. The van der Waals surface area contributed by atoms with Crippen LogP contribution < -0.4 is 10.5 Å². The van der Waals surface area contributed by atoms with Gasteiger partial charge in [0.15, 0.2) is 6.61 Å². The summed E-state index contributed by atoms with van der Waals surface area (Å²) in [5.41, 5.74) is 6.44. The van der Waals surface area contributed by atoms with Crippen LogP contribution in [0.2, 0.25) is 0 Å². The summed E-state index contributed by atoms with van der Waals surface area (Å²) in [7, 11) is 0. The quantitative estimate of drug-likeness (QED) is 0.799. The predicted molar refractivity (Wildman–Crippen MR) is 63.7 cm³/mol. The minimum absolute atomic E-state index is 0. The monoisotopic (exact) mass is 245 g/mol. The second-order valence-electron chi connectivity index (χ2n) is 2.95. The summed E-state index contributed by atoms with van der Waals surface area (Å²) in [6.07, 6.45) is 0. The van der Waals surface area contributed by atoms with Gasteiger partial charge in [-0.05, 0) is 24.6 Å². The maximum absolute atomic E-state index is 11.0. The molecule has 0 unspecified atom stereocenters. The lowest BCUT2D eigenvalue weighted by molar-refractivity contribution is -0.145. The standard InChI is InChI=1S/C11H15NO3.ClH/c1-2-14-11(13)8-15-10-5-3-4-9(6-10)7-12;/h3-6H,2,7-8,12H2,1H3;1H. The molecule has 1 aromatic rings. The summed E-state index contributed by atoms with van der Waals surface area (Å²) in [6.45, 7) is 2.51. The lowest BCUT2D eigenvalue weighted by atomic mass is 10.2. The Bertz CT molecular complexity index is 331. The third-order valence-corrected chi connectivity index (χ3v) is 1.80. The van der Waals surface area contributed by atoms with Crippen molar-refractivity contribution in [1.29, 1.82) is 0 Å². The van der Waals surface area contributed by atoms with Crippen LogP contribution in [-0.2, 0) is 16.1 Å². The molecule has 16 heavy (non-hydrogen) atoms. The number of halogens is 1. The minimum atomic E-state index is -0.365. The van der Waals surface area contributed by atoms with E-state index in [1.165, 1.54) is 0 Å². The summed E-state index contributed by atoms with van der Waals surface area (Å²) in [5.74, 6) is 0.265. The van der Waals surface area contributed by atoms with Gasteiger partial charge in [0.25, 0.3) is 0 Å². The lowest BCUT2D eigenvalue weighted by Gasteiger charge is -2.06. The number of nitrogens with two attached hydrogens (primary N) is 1. The molecule has 0 aromatic heterocycles. The highest BCUT2D eigenvalue weighted by Gasteiger charge is 2.02. The van der Waals surface area contributed by atoms with Gasteiger partial charge in [-0.15, -0.1) is 12.4 Å². The van der Waals surface area contributed by atoms with Crippen LogP contribution in [-0.4, -0.2) is 19.2 Å². The Morgan fingerprint density at radius 2 is 2.19 bits per heavy atom. The largest absolute Gasteiger partial charge is 0.482 e. The molecule has 0 aliphatic rings. The van der Waals surface area contributed by atoms with Crippen molar-refractivity contribution in [3.05, 3.63) is 29.8 Å². The SMILES string of the molecule is CCOC(=O)COc1cccc(CN)c1.Cl. The molecule has 0 amide bonds. The molecule has 0 radical (unpaired) electrons. The number of carbonyl (C=O) groups excluding carboxylic acids is 1. The first kappa shape index (κ1) is 14.7. The molecule has 0 aliphatic carbocycles. The van der Waals surface area contributed by atoms with Gasteiger partial charge in [-0.2, -0.15) is 0 Å². The van der Waals surface area contributed by atoms with E-state index >= 15 is 0 Å². The van der Waals surface area contributed by atoms with E-state index in [0.29, 0.717) is 18.9 Å². The summed E-state index contributed by atoms with van der Waals surface area (Å²) in [5, 5.41) is 0. The Morgan fingerprint density at radius 3 is 2.81 bits per heavy atom. The molecule has 0 aliphatic heterocycles. The molecule has 1 rings (SSSR count). The number of ether oxygens (including phenoxy) is 2. The topological polar surface area (TPSA) is 61.5 Å². The molecule has 90 valence electrons. The van der Waals surface area contributed by atoms with E-state index in [0.717, 1.165) is 5.56 Å². The van der Waals surface area contributed by atoms with Crippen LogP contribution in [0.5, 0.6) is 5.75 Å². The van der Waals surface area contributed by atoms with Crippen molar-refractivity contribution < 1.29 is 14.3 Å². The molecule has 0 heterocycles. The maximum Gasteiger partial charge on any atom is 0.344 e. The fourth-order valence-corrected chi connectivity index (χ4v) is 1.11. The first-order valence-electron chi connectivity index (χ1n) is 4.83. The molecule has 0 atom stereocenters. The molecule has 0 bridgehead atoms. The second-order valence-corrected chi connectivity index (χ2v) is 2.95. The molecular formula is C11H16ClNO3. The van der Waals surface area contributed by atoms with Crippen molar-refractivity contribution in [2.24, 2.45) is 5.73 Å². The van der Waals surface area contributed by atoms with E-state index in [-0.39, 0.29) is 25.0 Å². The van der Waals surface area contributed by atoms with Crippen LogP contribution in [0.1, 0.15) is 12.5 Å². The average Bonchev–Trinajstić information content (AvgIpc) is 2.27. The number of rotatable bonds is 5. The van der Waals surface area contributed by atoms with Crippen LogP contribution in [0.15, 0.2) is 24.3 Å². The number of benzene rings is 1. The summed E-state index contributed by atoms with van der Waals surface area (Å²) in [6, 6.07) is 7.32. The van der Waals surface area contributed by atoms with Crippen molar-refractivity contribution in [1.82, 2.24) is 0 Å². The van der Waals surface area contributed by atoms with Crippen LogP contribution in [0.3, 0.4) is 0 Å². The molecule has 0 saturated heterocycles. The normalized spacial score (nSPS) is 9.12. The predicted octanol–water partition coefficient (Wildman–Crippen LogP) is 1.51. The van der Waals surface area contributed by atoms with Crippen LogP contribution in [0.4, 0.5) is 0 Å². The summed E-state index contributed by atoms with van der Waals surface area (Å²) >= 11 is 0. The van der Waals surface area contributed by atoms with Gasteiger partial charge < -0.3 is 15.2 Å². The Balaban J connectivity index is 0.00000225. The molecule has 0 spiro atoms. The third-order valence-electron chi connectivity index (χ3n) is 1.80. The first-order chi connectivity index (χ1) is 7.26. The van der Waals surface area contributed by atoms with E-state index in [1.54, 1.807) is 19.1 Å². The molecule has 1 aromatic carbocycles. The van der Waals surface area contributed by atoms with E-state index in [2.05, 4.69) is 0 Å². The molecule has 0 saturated carbocycles. The highest BCUT2D eigenvalue weighted by molar-refractivity contribution is 5.85. The van der Waals surface area contributed by atoms with Crippen molar-refractivity contribution >= 4 is 18.4 Å². The van der Waals surface area contributed by atoms with Crippen molar-refractivity contribution in [3.63, 3.8) is 0 Å². The molecule has 2 N–H and O–H groups in total. The zero-order chi connectivity index (χ0) is 11.1. The van der Waals surface area contributed by atoms with Crippen molar-refractivity contribution in [3.8, 4) is 5.75 Å². The van der Waals surface area contributed by atoms with Gasteiger partial charge in [-0.25, -0.2) is 4.79 Å². The smallest absolute Gasteiger partial charge is 0.344 e. The number of carbonyl (C=O) groups is 1. The van der Waals surface area contributed by atoms with Gasteiger partial charge in [-0.3, -0.25) is 0 Å². The highest BCUT2D eigenvalue weighted by Crippen LogP contribution is 2.12. The van der Waals surface area contributed by atoms with E-state index in [9.17, 15) is 4.79 Å². The van der Waals surface area contributed by atoms with Gasteiger partial charge in [0.05, 0.1) is 6.61 Å². The van der Waals surface area contributed by atoms with E-state index in [1.807, 2.05) is 12.1 Å². The van der Waals surface area contributed by atoms with Crippen LogP contribution in [0.25, 0.3) is 0 Å². The first-order valence-corrected chi connectivity index (χ1v) is 4.83. The Kier molecular flexibility index (Phi) is 7.33. The average molecular weight is 246 g/mol. The van der Waals surface area contributed by atoms with E-state index in [4.69, 9.17) is 15.2 Å². The molecule has 5 heteroatoms. The van der Waals surface area contributed by atoms with Gasteiger partial charge in [0.1, 0.15) is 5.75 Å². The maximum atomic E-state index is 11.0. The highest BCUT2D eigenvalue weighted by atomic mass is 35.5. The fourth-order valence-electron chi connectivity index (χ4n) is 1.11. The van der Waals surface area contributed by atoms with Crippen molar-refractivity contribution in [2.45, 2.75) is 13.5 Å². The zero-order valence-corrected chi connectivity index (χ0v) is 9.96. The number of hydrogen-bond donors (Lipinski definition) is 1. The van der Waals surface area contributed by atoms with Crippen LogP contribution >= 0.6 is 12.4 Å². The Morgan fingerprint density at radius 1 is 1.44 bits per heavy atom. The van der Waals surface area contributed by atoms with Crippen molar-refractivity contribution in [2.75, 3.05) is 13.2 Å². The fraction of sp³-hybridized carbons (Fsp3) is 0.364. The molecule has 0 fully saturated rings. The minimum Gasteiger partial charge on any atom is -0.482 e. The molecule has 4 nitrogen and oxygen atoms in total. The number of esters is 1. The number of hydrogen-bond acceptors (Lipinski definition) is 4. The summed E-state index contributed by atoms with van der Waals surface area (Å²) < 4.78 is 9.96.